The summed E-state index contributed by atoms with van der Waals surface area (Å²) < 4.78 is 32.3. The Balaban J connectivity index is 1.71. The van der Waals surface area contributed by atoms with Crippen LogP contribution in [0.2, 0.25) is 10.0 Å². The van der Waals surface area contributed by atoms with Gasteiger partial charge < -0.3 is 15.2 Å². The number of aromatic hydroxyl groups is 1. The molecule has 1 atom stereocenters. The number of thiophene rings is 1. The van der Waals surface area contributed by atoms with E-state index in [1.165, 1.54) is 37.3 Å². The Labute approximate surface area is 197 Å². The fourth-order valence-electron chi connectivity index (χ4n) is 2.49. The van der Waals surface area contributed by atoms with Gasteiger partial charge in [-0.15, -0.1) is 11.3 Å². The van der Waals surface area contributed by atoms with Crippen LogP contribution in [0.1, 0.15) is 17.3 Å². The van der Waals surface area contributed by atoms with E-state index in [1.807, 2.05) is 0 Å². The van der Waals surface area contributed by atoms with Crippen molar-refractivity contribution in [3.63, 3.8) is 0 Å². The minimum absolute atomic E-state index is 0.0354. The van der Waals surface area contributed by atoms with Gasteiger partial charge in [-0.2, -0.15) is 0 Å². The number of sulfonamides is 1. The van der Waals surface area contributed by atoms with Crippen LogP contribution in [0.4, 0.5) is 11.4 Å². The van der Waals surface area contributed by atoms with Crippen molar-refractivity contribution in [1.29, 1.82) is 0 Å². The molecular weight excluding hydrogens is 499 g/mol. The van der Waals surface area contributed by atoms with Gasteiger partial charge in [-0.1, -0.05) is 29.3 Å². The Morgan fingerprint density at radius 3 is 2.53 bits per heavy atom. The van der Waals surface area contributed by atoms with Crippen LogP contribution in [0.3, 0.4) is 0 Å². The van der Waals surface area contributed by atoms with Gasteiger partial charge in [-0.25, -0.2) is 13.2 Å². The number of hydrogen-bond donors (Lipinski definition) is 3. The summed E-state index contributed by atoms with van der Waals surface area (Å²) in [6.45, 7) is 1.33. The number of nitrogens with one attached hydrogen (secondary N) is 2. The minimum atomic E-state index is -3.85. The topological polar surface area (TPSA) is 122 Å². The molecule has 12 heteroatoms. The number of carbonyl (C=O) groups excluding carboxylic acids is 2. The number of benzene rings is 2. The Kier molecular flexibility index (Phi) is 7.29. The minimum Gasteiger partial charge on any atom is -0.507 e. The maximum absolute atomic E-state index is 12.5. The molecule has 0 fully saturated rings. The lowest BCUT2D eigenvalue weighted by molar-refractivity contribution is -0.123. The maximum atomic E-state index is 12.5. The molecule has 0 saturated heterocycles. The van der Waals surface area contributed by atoms with E-state index >= 15 is 0 Å². The van der Waals surface area contributed by atoms with Crippen molar-refractivity contribution < 1.29 is 27.9 Å². The van der Waals surface area contributed by atoms with Gasteiger partial charge in [0.2, 0.25) is 0 Å². The van der Waals surface area contributed by atoms with E-state index in [9.17, 15) is 23.1 Å². The number of amides is 1. The van der Waals surface area contributed by atoms with E-state index in [2.05, 4.69) is 10.0 Å². The fourth-order valence-corrected chi connectivity index (χ4v) is 4.99. The molecule has 0 aliphatic carbocycles. The first-order chi connectivity index (χ1) is 15.1. The van der Waals surface area contributed by atoms with Crippen LogP contribution in [0, 0.1) is 0 Å². The van der Waals surface area contributed by atoms with Crippen molar-refractivity contribution in [3.05, 3.63) is 69.5 Å². The molecule has 0 radical (unpaired) electrons. The predicted octanol–water partition coefficient (Wildman–Crippen LogP) is 4.75. The van der Waals surface area contributed by atoms with Gasteiger partial charge in [0.1, 0.15) is 15.5 Å². The first-order valence-corrected chi connectivity index (χ1v) is 12.0. The summed E-state index contributed by atoms with van der Waals surface area (Å²) in [5, 5.41) is 14.7. The number of phenolic OH excluding ortho intramolecular Hbond substituents is 1. The quantitative estimate of drug-likeness (QED) is 0.309. The molecule has 0 spiro atoms. The van der Waals surface area contributed by atoms with E-state index in [1.54, 1.807) is 11.4 Å². The van der Waals surface area contributed by atoms with Crippen LogP contribution in [0.15, 0.2) is 58.1 Å². The highest BCUT2D eigenvalue weighted by Gasteiger charge is 2.23. The van der Waals surface area contributed by atoms with Gasteiger partial charge in [0.15, 0.2) is 6.10 Å². The van der Waals surface area contributed by atoms with Crippen LogP contribution < -0.4 is 10.0 Å². The van der Waals surface area contributed by atoms with E-state index in [0.717, 1.165) is 23.5 Å². The lowest BCUT2D eigenvalue weighted by Crippen LogP contribution is -2.30. The zero-order valence-electron chi connectivity index (χ0n) is 16.3. The standard InChI is InChI=1S/C20H16Cl2N2O6S2/c1-11(19(26)23-16-6-4-12(21)9-15(16)22)30-20(27)14-10-13(5-7-17(14)25)24-32(28,29)18-3-2-8-31-18/h2-11,24-25H,1H3,(H,23,26). The van der Waals surface area contributed by atoms with Crippen LogP contribution in [0.5, 0.6) is 5.75 Å². The third-order valence-electron chi connectivity index (χ3n) is 4.07. The number of carbonyl (C=O) groups is 2. The number of phenols is 1. The average molecular weight is 515 g/mol. The third kappa shape index (κ3) is 5.71. The van der Waals surface area contributed by atoms with Crippen molar-refractivity contribution in [3.8, 4) is 5.75 Å². The third-order valence-corrected chi connectivity index (χ3v) is 7.40. The van der Waals surface area contributed by atoms with Crippen molar-refractivity contribution in [1.82, 2.24) is 0 Å². The number of ether oxygens (including phenoxy) is 1. The second-order valence-electron chi connectivity index (χ2n) is 6.43. The number of halogens is 2. The Morgan fingerprint density at radius 2 is 1.88 bits per heavy atom. The van der Waals surface area contributed by atoms with Crippen molar-refractivity contribution >= 4 is 67.8 Å². The van der Waals surface area contributed by atoms with Crippen molar-refractivity contribution in [2.24, 2.45) is 0 Å². The Bertz CT molecular complexity index is 1260. The normalized spacial score (nSPS) is 12.1. The highest BCUT2D eigenvalue weighted by Crippen LogP contribution is 2.27. The zero-order valence-corrected chi connectivity index (χ0v) is 19.5. The molecule has 168 valence electrons. The summed E-state index contributed by atoms with van der Waals surface area (Å²) in [5.41, 5.74) is -0.00875. The van der Waals surface area contributed by atoms with Crippen LogP contribution in [-0.2, 0) is 19.6 Å². The molecule has 3 N–H and O–H groups in total. The number of hydrogen-bond acceptors (Lipinski definition) is 7. The predicted molar refractivity (Wildman–Crippen MR) is 123 cm³/mol. The molecule has 0 aliphatic rings. The molecule has 1 heterocycles. The molecule has 0 aliphatic heterocycles. The fraction of sp³-hybridized carbons (Fsp3) is 0.100. The molecule has 3 aromatic rings. The molecule has 2 aromatic carbocycles. The molecule has 3 rings (SSSR count). The number of rotatable bonds is 7. The Hall–Kier alpha value is -2.79. The number of esters is 1. The molecule has 1 unspecified atom stereocenters. The first kappa shape index (κ1) is 23.9. The second kappa shape index (κ2) is 9.78. The van der Waals surface area contributed by atoms with E-state index in [-0.39, 0.29) is 26.2 Å². The highest BCUT2D eigenvalue weighted by atomic mass is 35.5. The second-order valence-corrected chi connectivity index (χ2v) is 10.1. The molecule has 0 saturated carbocycles. The SMILES string of the molecule is CC(OC(=O)c1cc(NS(=O)(=O)c2cccs2)ccc1O)C(=O)Nc1ccc(Cl)cc1Cl. The summed E-state index contributed by atoms with van der Waals surface area (Å²) in [4.78, 5) is 24.9. The summed E-state index contributed by atoms with van der Waals surface area (Å²) in [7, 11) is -3.85. The van der Waals surface area contributed by atoms with Crippen LogP contribution >= 0.6 is 34.5 Å². The van der Waals surface area contributed by atoms with E-state index in [4.69, 9.17) is 27.9 Å². The van der Waals surface area contributed by atoms with Gasteiger partial charge >= 0.3 is 5.97 Å². The molecular formula is C20H16Cl2N2O6S2. The lowest BCUT2D eigenvalue weighted by Gasteiger charge is -2.15. The first-order valence-electron chi connectivity index (χ1n) is 8.93. The smallest absolute Gasteiger partial charge is 0.342 e. The summed E-state index contributed by atoms with van der Waals surface area (Å²) in [6, 6.07) is 11.0. The number of anilines is 2. The van der Waals surface area contributed by atoms with E-state index in [0.29, 0.717) is 5.02 Å². The summed E-state index contributed by atoms with van der Waals surface area (Å²) >= 11 is 12.9. The van der Waals surface area contributed by atoms with Gasteiger partial charge in [-0.3, -0.25) is 9.52 Å². The van der Waals surface area contributed by atoms with Crippen LogP contribution in [0.25, 0.3) is 0 Å². The highest BCUT2D eigenvalue weighted by molar-refractivity contribution is 7.94. The molecule has 32 heavy (non-hydrogen) atoms. The van der Waals surface area contributed by atoms with Crippen molar-refractivity contribution in [2.75, 3.05) is 10.0 Å². The van der Waals surface area contributed by atoms with E-state index < -0.39 is 33.8 Å². The van der Waals surface area contributed by atoms with Crippen LogP contribution in [-0.4, -0.2) is 31.5 Å². The average Bonchev–Trinajstić information content (AvgIpc) is 3.27. The van der Waals surface area contributed by atoms with Gasteiger partial charge in [0.05, 0.1) is 10.7 Å². The largest absolute Gasteiger partial charge is 0.507 e. The summed E-state index contributed by atoms with van der Waals surface area (Å²) in [6.07, 6.45) is -1.25. The van der Waals surface area contributed by atoms with Gasteiger partial charge in [0.25, 0.3) is 15.9 Å². The monoisotopic (exact) mass is 514 g/mol. The molecule has 8 nitrogen and oxygen atoms in total. The molecule has 1 amide bonds. The Morgan fingerprint density at radius 1 is 1.12 bits per heavy atom. The van der Waals surface area contributed by atoms with Gasteiger partial charge in [-0.05, 0) is 54.8 Å². The summed E-state index contributed by atoms with van der Waals surface area (Å²) in [5.74, 6) is -2.14. The van der Waals surface area contributed by atoms with Gasteiger partial charge in [0, 0.05) is 10.7 Å². The molecule has 0 bridgehead atoms. The zero-order chi connectivity index (χ0) is 23.5. The van der Waals surface area contributed by atoms with Crippen molar-refractivity contribution in [2.45, 2.75) is 17.2 Å². The lowest BCUT2D eigenvalue weighted by atomic mass is 10.2. The maximum Gasteiger partial charge on any atom is 0.342 e. The molecule has 1 aromatic heterocycles.